The Morgan fingerprint density at radius 2 is 1.96 bits per heavy atom. The lowest BCUT2D eigenvalue weighted by atomic mass is 9.85. The zero-order valence-corrected chi connectivity index (χ0v) is 17.6. The lowest BCUT2D eigenvalue weighted by Gasteiger charge is -2.33. The largest absolute Gasteiger partial charge is 0.445 e. The summed E-state index contributed by atoms with van der Waals surface area (Å²) in [6.45, 7) is 0.828. The monoisotopic (exact) mass is 408 g/mol. The average Bonchev–Trinajstić information content (AvgIpc) is 2.72. The van der Waals surface area contributed by atoms with Gasteiger partial charge in [0.15, 0.2) is 0 Å². The van der Waals surface area contributed by atoms with Crippen LogP contribution in [0.25, 0.3) is 0 Å². The third-order valence-corrected chi connectivity index (χ3v) is 5.69. The minimum Gasteiger partial charge on any atom is -0.445 e. The van der Waals surface area contributed by atoms with Crippen molar-refractivity contribution in [2.45, 2.75) is 50.8 Å². The molecule has 0 bridgehead atoms. The molecule has 156 valence electrons. The van der Waals surface area contributed by atoms with Gasteiger partial charge < -0.3 is 20.1 Å². The van der Waals surface area contributed by atoms with Gasteiger partial charge in [-0.1, -0.05) is 43.2 Å². The topological polar surface area (TPSA) is 76.7 Å². The van der Waals surface area contributed by atoms with Crippen LogP contribution in [0.3, 0.4) is 0 Å². The van der Waals surface area contributed by atoms with Gasteiger partial charge in [0.1, 0.15) is 12.6 Å². The van der Waals surface area contributed by atoms with E-state index in [0.717, 1.165) is 30.6 Å². The third-order valence-electron chi connectivity index (χ3n) is 5.05. The molecule has 0 aliphatic heterocycles. The average molecular weight is 409 g/mol. The van der Waals surface area contributed by atoms with Crippen LogP contribution >= 0.6 is 11.8 Å². The number of hydrogen-bond donors (Lipinski definition) is 2. The molecule has 28 heavy (non-hydrogen) atoms. The number of ether oxygens (including phenoxy) is 2. The molecule has 0 heterocycles. The van der Waals surface area contributed by atoms with Crippen molar-refractivity contribution >= 4 is 23.8 Å². The smallest absolute Gasteiger partial charge is 0.408 e. The van der Waals surface area contributed by atoms with Crippen LogP contribution in [-0.2, 0) is 20.9 Å². The third kappa shape index (κ3) is 7.72. The predicted octanol–water partition coefficient (Wildman–Crippen LogP) is 3.36. The highest BCUT2D eigenvalue weighted by atomic mass is 32.2. The second-order valence-electron chi connectivity index (χ2n) is 7.16. The lowest BCUT2D eigenvalue weighted by molar-refractivity contribution is -0.124. The van der Waals surface area contributed by atoms with Crippen molar-refractivity contribution < 1.29 is 19.1 Å². The molecular formula is C21H32N2O4S. The van der Waals surface area contributed by atoms with Crippen molar-refractivity contribution in [1.29, 1.82) is 0 Å². The normalized spacial score (nSPS) is 20.2. The highest BCUT2D eigenvalue weighted by Gasteiger charge is 2.29. The summed E-state index contributed by atoms with van der Waals surface area (Å²) in [5, 5.41) is 5.88. The Labute approximate surface area is 172 Å². The van der Waals surface area contributed by atoms with E-state index in [1.165, 1.54) is 6.42 Å². The van der Waals surface area contributed by atoms with Gasteiger partial charge in [0.05, 0.1) is 6.61 Å². The van der Waals surface area contributed by atoms with Crippen LogP contribution in [0.15, 0.2) is 30.3 Å². The van der Waals surface area contributed by atoms with Gasteiger partial charge in [0.25, 0.3) is 0 Å². The number of benzene rings is 1. The van der Waals surface area contributed by atoms with E-state index < -0.39 is 12.1 Å². The molecule has 2 amide bonds. The molecule has 0 saturated heterocycles. The minimum atomic E-state index is -0.596. The van der Waals surface area contributed by atoms with E-state index in [9.17, 15) is 9.59 Å². The summed E-state index contributed by atoms with van der Waals surface area (Å²) in [4.78, 5) is 25.1. The fraction of sp³-hybridized carbons (Fsp3) is 0.619. The van der Waals surface area contributed by atoms with E-state index in [-0.39, 0.29) is 18.6 Å². The fourth-order valence-electron chi connectivity index (χ4n) is 3.51. The predicted molar refractivity (Wildman–Crippen MR) is 112 cm³/mol. The summed E-state index contributed by atoms with van der Waals surface area (Å²) >= 11 is 1.65. The molecule has 1 aliphatic rings. The second-order valence-corrected chi connectivity index (χ2v) is 8.14. The summed E-state index contributed by atoms with van der Waals surface area (Å²) < 4.78 is 10.6. The zero-order valence-electron chi connectivity index (χ0n) is 16.8. The number of carbonyl (C=O) groups is 2. The molecular weight excluding hydrogens is 376 g/mol. The maximum atomic E-state index is 12.8. The lowest BCUT2D eigenvalue weighted by Crippen LogP contribution is -2.52. The first-order chi connectivity index (χ1) is 13.6. The Morgan fingerprint density at radius 3 is 2.68 bits per heavy atom. The number of hydrogen-bond acceptors (Lipinski definition) is 5. The van der Waals surface area contributed by atoms with E-state index >= 15 is 0 Å². The number of methoxy groups -OCH3 is 1. The van der Waals surface area contributed by atoms with Crippen molar-refractivity contribution in [3.8, 4) is 0 Å². The molecule has 3 atom stereocenters. The van der Waals surface area contributed by atoms with Crippen LogP contribution < -0.4 is 10.6 Å². The Bertz CT molecular complexity index is 597. The van der Waals surface area contributed by atoms with Gasteiger partial charge in [0, 0.05) is 19.1 Å². The van der Waals surface area contributed by atoms with Crippen LogP contribution in [0, 0.1) is 5.92 Å². The van der Waals surface area contributed by atoms with Crippen molar-refractivity contribution in [1.82, 2.24) is 10.6 Å². The summed E-state index contributed by atoms with van der Waals surface area (Å²) in [5.41, 5.74) is 0.910. The van der Waals surface area contributed by atoms with Crippen molar-refractivity contribution in [3.05, 3.63) is 35.9 Å². The Morgan fingerprint density at radius 1 is 1.21 bits per heavy atom. The summed E-state index contributed by atoms with van der Waals surface area (Å²) in [6, 6.07) is 8.99. The quantitative estimate of drug-likeness (QED) is 0.621. The number of carbonyl (C=O) groups excluding carboxylic acids is 2. The van der Waals surface area contributed by atoms with Crippen LogP contribution in [0.5, 0.6) is 0 Å². The molecule has 2 N–H and O–H groups in total. The van der Waals surface area contributed by atoms with Gasteiger partial charge >= 0.3 is 6.09 Å². The molecule has 6 nitrogen and oxygen atoms in total. The zero-order chi connectivity index (χ0) is 20.2. The van der Waals surface area contributed by atoms with Crippen LogP contribution in [0.2, 0.25) is 0 Å². The maximum absolute atomic E-state index is 12.8. The van der Waals surface area contributed by atoms with Crippen LogP contribution in [-0.4, -0.2) is 49.8 Å². The molecule has 7 heteroatoms. The van der Waals surface area contributed by atoms with Gasteiger partial charge in [-0.2, -0.15) is 11.8 Å². The highest BCUT2D eigenvalue weighted by molar-refractivity contribution is 7.98. The van der Waals surface area contributed by atoms with Gasteiger partial charge in [0.2, 0.25) is 5.91 Å². The summed E-state index contributed by atoms with van der Waals surface area (Å²) in [6.07, 6.45) is 6.26. The Hall–Kier alpha value is -1.73. The summed E-state index contributed by atoms with van der Waals surface area (Å²) in [7, 11) is 1.69. The Balaban J connectivity index is 1.89. The molecule has 1 saturated carbocycles. The molecule has 2 rings (SSSR count). The SMILES string of the molecule is COC[C@@H]1CCCC[C@@H]1NC(=O)[C@H](CCSC)NC(=O)OCc1ccccc1. The van der Waals surface area contributed by atoms with E-state index in [1.54, 1.807) is 18.9 Å². The number of alkyl carbamates (subject to hydrolysis) is 1. The van der Waals surface area contributed by atoms with Crippen molar-refractivity contribution in [2.24, 2.45) is 5.92 Å². The first-order valence-corrected chi connectivity index (χ1v) is 11.3. The molecule has 1 aromatic carbocycles. The minimum absolute atomic E-state index is 0.0973. The highest BCUT2D eigenvalue weighted by Crippen LogP contribution is 2.24. The van der Waals surface area contributed by atoms with E-state index in [2.05, 4.69) is 10.6 Å². The first-order valence-electron chi connectivity index (χ1n) is 9.89. The molecule has 1 fully saturated rings. The maximum Gasteiger partial charge on any atom is 0.408 e. The van der Waals surface area contributed by atoms with Gasteiger partial charge in [-0.3, -0.25) is 4.79 Å². The molecule has 0 aromatic heterocycles. The number of rotatable bonds is 10. The first kappa shape index (κ1) is 22.6. The molecule has 1 aromatic rings. The fourth-order valence-corrected chi connectivity index (χ4v) is 3.98. The van der Waals surface area contributed by atoms with E-state index in [4.69, 9.17) is 9.47 Å². The van der Waals surface area contributed by atoms with Crippen molar-refractivity contribution in [2.75, 3.05) is 25.7 Å². The summed E-state index contributed by atoms with van der Waals surface area (Å²) in [5.74, 6) is 0.969. The molecule has 0 radical (unpaired) electrons. The molecule has 0 unspecified atom stereocenters. The van der Waals surface area contributed by atoms with E-state index in [0.29, 0.717) is 18.9 Å². The Kier molecular flexibility index (Phi) is 10.2. The second kappa shape index (κ2) is 12.7. The van der Waals surface area contributed by atoms with E-state index in [1.807, 2.05) is 36.6 Å². The van der Waals surface area contributed by atoms with Crippen LogP contribution in [0.4, 0.5) is 4.79 Å². The standard InChI is InChI=1S/C21H32N2O4S/c1-26-15-17-10-6-7-11-18(17)22-20(24)19(12-13-28-2)23-21(25)27-14-16-8-4-3-5-9-16/h3-5,8-9,17-19H,6-7,10-15H2,1-2H3,(H,22,24)(H,23,25)/t17-,18-,19-/m0/s1. The van der Waals surface area contributed by atoms with Gasteiger partial charge in [-0.05, 0) is 36.8 Å². The van der Waals surface area contributed by atoms with Gasteiger partial charge in [-0.25, -0.2) is 4.79 Å². The van der Waals surface area contributed by atoms with Crippen molar-refractivity contribution in [3.63, 3.8) is 0 Å². The van der Waals surface area contributed by atoms with Crippen LogP contribution in [0.1, 0.15) is 37.7 Å². The number of nitrogens with one attached hydrogen (secondary N) is 2. The molecule has 1 aliphatic carbocycles. The number of amides is 2. The van der Waals surface area contributed by atoms with Gasteiger partial charge in [-0.15, -0.1) is 0 Å². The molecule has 0 spiro atoms. The number of thioether (sulfide) groups is 1.